The first-order valence-electron chi connectivity index (χ1n) is 9.42. The van der Waals surface area contributed by atoms with Crippen LogP contribution in [0.2, 0.25) is 0 Å². The second-order valence-electron chi connectivity index (χ2n) is 6.58. The fourth-order valence-corrected chi connectivity index (χ4v) is 2.97. The molecule has 4 nitrogen and oxygen atoms in total. The number of hydrogen-bond donors (Lipinski definition) is 0. The highest BCUT2D eigenvalue weighted by atomic mass is 16.5. The Bertz CT molecular complexity index is 730. The van der Waals surface area contributed by atoms with Gasteiger partial charge < -0.3 is 9.64 Å². The molecule has 2 aromatic rings. The number of benzene rings is 2. The van der Waals surface area contributed by atoms with Crippen molar-refractivity contribution < 1.29 is 9.53 Å². The third kappa shape index (κ3) is 4.94. The number of carbonyl (C=O) groups is 1. The molecule has 1 aliphatic heterocycles. The van der Waals surface area contributed by atoms with E-state index in [-0.39, 0.29) is 5.97 Å². The van der Waals surface area contributed by atoms with Crippen molar-refractivity contribution in [3.63, 3.8) is 0 Å². The molecule has 136 valence electrons. The maximum atomic E-state index is 11.9. The second kappa shape index (κ2) is 9.18. The maximum Gasteiger partial charge on any atom is 0.338 e. The van der Waals surface area contributed by atoms with Gasteiger partial charge in [-0.3, -0.25) is 4.99 Å². The lowest BCUT2D eigenvalue weighted by atomic mass is 10.2. The van der Waals surface area contributed by atoms with Crippen molar-refractivity contribution in [2.75, 3.05) is 24.6 Å². The van der Waals surface area contributed by atoms with Crippen LogP contribution in [0.3, 0.4) is 0 Å². The molecule has 26 heavy (non-hydrogen) atoms. The van der Waals surface area contributed by atoms with E-state index in [2.05, 4.69) is 41.1 Å². The van der Waals surface area contributed by atoms with Crippen molar-refractivity contribution in [1.82, 2.24) is 0 Å². The number of hydrogen-bond acceptors (Lipinski definition) is 4. The van der Waals surface area contributed by atoms with Gasteiger partial charge in [0.25, 0.3) is 0 Å². The van der Waals surface area contributed by atoms with E-state index < -0.39 is 0 Å². The Balaban J connectivity index is 1.57. The molecule has 0 amide bonds. The number of ether oxygens (including phenoxy) is 1. The van der Waals surface area contributed by atoms with Crippen molar-refractivity contribution in [3.8, 4) is 0 Å². The topological polar surface area (TPSA) is 41.9 Å². The summed E-state index contributed by atoms with van der Waals surface area (Å²) in [5.74, 6) is -0.272. The molecule has 0 bridgehead atoms. The van der Waals surface area contributed by atoms with Gasteiger partial charge in [-0.1, -0.05) is 25.5 Å². The van der Waals surface area contributed by atoms with Crippen molar-refractivity contribution in [3.05, 3.63) is 59.7 Å². The molecule has 0 aliphatic carbocycles. The largest absolute Gasteiger partial charge is 0.462 e. The lowest BCUT2D eigenvalue weighted by Gasteiger charge is -2.17. The lowest BCUT2D eigenvalue weighted by molar-refractivity contribution is 0.0500. The Morgan fingerprint density at radius 2 is 1.77 bits per heavy atom. The van der Waals surface area contributed by atoms with Crippen LogP contribution in [-0.4, -0.2) is 31.9 Å². The van der Waals surface area contributed by atoms with Crippen LogP contribution in [0.1, 0.15) is 48.5 Å². The zero-order chi connectivity index (χ0) is 18.2. The van der Waals surface area contributed by atoms with Gasteiger partial charge in [-0.15, -0.1) is 0 Å². The predicted molar refractivity (Wildman–Crippen MR) is 107 cm³/mol. The summed E-state index contributed by atoms with van der Waals surface area (Å²) in [6.07, 6.45) is 6.32. The number of anilines is 1. The lowest BCUT2D eigenvalue weighted by Crippen LogP contribution is -2.17. The van der Waals surface area contributed by atoms with Gasteiger partial charge in [0.1, 0.15) is 0 Å². The summed E-state index contributed by atoms with van der Waals surface area (Å²) >= 11 is 0. The van der Waals surface area contributed by atoms with Gasteiger partial charge in [0.2, 0.25) is 0 Å². The van der Waals surface area contributed by atoms with E-state index in [0.29, 0.717) is 12.2 Å². The minimum absolute atomic E-state index is 0.272. The minimum Gasteiger partial charge on any atom is -0.462 e. The van der Waals surface area contributed by atoms with Gasteiger partial charge in [0, 0.05) is 25.0 Å². The van der Waals surface area contributed by atoms with Gasteiger partial charge in [-0.25, -0.2) is 4.79 Å². The van der Waals surface area contributed by atoms with Crippen molar-refractivity contribution in [2.45, 2.75) is 32.6 Å². The summed E-state index contributed by atoms with van der Waals surface area (Å²) in [5.41, 5.74) is 3.73. The number of carbonyl (C=O) groups excluding carboxylic acids is 1. The average molecular weight is 350 g/mol. The van der Waals surface area contributed by atoms with E-state index in [1.807, 2.05) is 18.3 Å². The molecule has 1 saturated heterocycles. The van der Waals surface area contributed by atoms with Crippen LogP contribution in [-0.2, 0) is 4.74 Å². The monoisotopic (exact) mass is 350 g/mol. The minimum atomic E-state index is -0.272. The van der Waals surface area contributed by atoms with Gasteiger partial charge in [-0.2, -0.15) is 0 Å². The van der Waals surface area contributed by atoms with E-state index in [1.165, 1.54) is 18.5 Å². The van der Waals surface area contributed by atoms with Crippen molar-refractivity contribution in [2.24, 2.45) is 4.99 Å². The molecule has 4 heteroatoms. The van der Waals surface area contributed by atoms with Crippen LogP contribution in [0, 0.1) is 0 Å². The third-order valence-electron chi connectivity index (χ3n) is 4.56. The molecule has 1 aliphatic rings. The van der Waals surface area contributed by atoms with E-state index in [0.717, 1.165) is 37.2 Å². The molecular formula is C22H26N2O2. The zero-order valence-corrected chi connectivity index (χ0v) is 15.4. The van der Waals surface area contributed by atoms with Crippen LogP contribution >= 0.6 is 0 Å². The van der Waals surface area contributed by atoms with E-state index in [1.54, 1.807) is 12.1 Å². The molecule has 1 heterocycles. The summed E-state index contributed by atoms with van der Waals surface area (Å²) in [7, 11) is 0. The fourth-order valence-electron chi connectivity index (χ4n) is 2.97. The number of unbranched alkanes of at least 4 members (excludes halogenated alkanes) is 1. The van der Waals surface area contributed by atoms with Crippen molar-refractivity contribution >= 4 is 23.6 Å². The van der Waals surface area contributed by atoms with E-state index in [9.17, 15) is 4.79 Å². The van der Waals surface area contributed by atoms with Crippen LogP contribution in [0.25, 0.3) is 0 Å². The third-order valence-corrected chi connectivity index (χ3v) is 4.56. The van der Waals surface area contributed by atoms with Gasteiger partial charge >= 0.3 is 5.97 Å². The molecule has 0 spiro atoms. The first-order valence-corrected chi connectivity index (χ1v) is 9.42. The highest BCUT2D eigenvalue weighted by Gasteiger charge is 2.11. The first-order chi connectivity index (χ1) is 12.8. The van der Waals surface area contributed by atoms with Gasteiger partial charge in [-0.05, 0) is 61.2 Å². The number of aliphatic imine (C=N–C) groups is 1. The Morgan fingerprint density at radius 1 is 1.08 bits per heavy atom. The second-order valence-corrected chi connectivity index (χ2v) is 6.58. The van der Waals surface area contributed by atoms with Crippen LogP contribution < -0.4 is 4.90 Å². The van der Waals surface area contributed by atoms with Crippen LogP contribution in [0.4, 0.5) is 11.4 Å². The van der Waals surface area contributed by atoms with Crippen LogP contribution in [0.15, 0.2) is 53.5 Å². The summed E-state index contributed by atoms with van der Waals surface area (Å²) in [4.78, 5) is 18.8. The molecular weight excluding hydrogens is 324 g/mol. The maximum absolute atomic E-state index is 11.9. The molecule has 2 aromatic carbocycles. The first kappa shape index (κ1) is 18.2. The summed E-state index contributed by atoms with van der Waals surface area (Å²) in [6.45, 7) is 4.85. The molecule has 3 rings (SSSR count). The average Bonchev–Trinajstić information content (AvgIpc) is 3.22. The molecule has 0 unspecified atom stereocenters. The predicted octanol–water partition coefficient (Wildman–Crippen LogP) is 4.99. The van der Waals surface area contributed by atoms with E-state index >= 15 is 0 Å². The molecule has 0 radical (unpaired) electrons. The molecule has 0 saturated carbocycles. The Kier molecular flexibility index (Phi) is 6.42. The van der Waals surface area contributed by atoms with Crippen molar-refractivity contribution in [1.29, 1.82) is 0 Å². The normalized spacial score (nSPS) is 14.1. The highest BCUT2D eigenvalue weighted by Crippen LogP contribution is 2.20. The summed E-state index contributed by atoms with van der Waals surface area (Å²) in [6, 6.07) is 15.7. The van der Waals surface area contributed by atoms with E-state index in [4.69, 9.17) is 4.74 Å². The Hall–Kier alpha value is -2.62. The number of rotatable bonds is 7. The Labute approximate surface area is 155 Å². The SMILES string of the molecule is CCCCOC(=O)c1ccc(N=Cc2ccc(N3CCCC3)cc2)cc1. The summed E-state index contributed by atoms with van der Waals surface area (Å²) < 4.78 is 5.21. The molecule has 1 fully saturated rings. The molecule has 0 aromatic heterocycles. The molecule has 0 atom stereocenters. The van der Waals surface area contributed by atoms with Crippen LogP contribution in [0.5, 0.6) is 0 Å². The zero-order valence-electron chi connectivity index (χ0n) is 15.4. The quantitative estimate of drug-likeness (QED) is 0.401. The molecule has 0 N–H and O–H groups in total. The fraction of sp³-hybridized carbons (Fsp3) is 0.364. The smallest absolute Gasteiger partial charge is 0.338 e. The summed E-state index contributed by atoms with van der Waals surface area (Å²) in [5, 5.41) is 0. The van der Waals surface area contributed by atoms with Gasteiger partial charge in [0.15, 0.2) is 0 Å². The standard InChI is InChI=1S/C22H26N2O2/c1-2-3-16-26-22(25)19-8-10-20(11-9-19)23-17-18-6-12-21(13-7-18)24-14-4-5-15-24/h6-13,17H,2-5,14-16H2,1H3. The number of esters is 1. The highest BCUT2D eigenvalue weighted by molar-refractivity contribution is 5.90. The number of nitrogens with zero attached hydrogens (tertiary/aromatic N) is 2. The Morgan fingerprint density at radius 3 is 2.42 bits per heavy atom. The van der Waals surface area contributed by atoms with Gasteiger partial charge in [0.05, 0.1) is 17.9 Å².